The molecule has 0 aromatic heterocycles. The first kappa shape index (κ1) is 19.5. The smallest absolute Gasteiger partial charge is 0.563 e. The van der Waals surface area contributed by atoms with Crippen LogP contribution in [0.2, 0.25) is 0 Å². The van der Waals surface area contributed by atoms with Crippen LogP contribution in [-0.4, -0.2) is 11.7 Å². The van der Waals surface area contributed by atoms with Crippen LogP contribution in [-0.2, 0) is 40.7 Å². The van der Waals surface area contributed by atoms with Gasteiger partial charge in [-0.25, -0.2) is 0 Å². The molecule has 0 aliphatic heterocycles. The van der Waals surface area contributed by atoms with Gasteiger partial charge in [0.15, 0.2) is 0 Å². The quantitative estimate of drug-likeness (QED) is 0.561. The van der Waals surface area contributed by atoms with Crippen molar-refractivity contribution >= 4 is 16.5 Å². The maximum Gasteiger partial charge on any atom is 2.00 e. The molecule has 9 heteroatoms. The van der Waals surface area contributed by atoms with E-state index in [1.807, 2.05) is 13.8 Å². The largest absolute Gasteiger partial charge is 2.00 e. The van der Waals surface area contributed by atoms with Crippen molar-refractivity contribution in [1.29, 1.82) is 0 Å². The minimum atomic E-state index is -3.24. The Labute approximate surface area is 98.4 Å². The van der Waals surface area contributed by atoms with Crippen LogP contribution >= 0.6 is 16.5 Å². The topological polar surface area (TPSA) is 110 Å². The fourth-order valence-electron chi connectivity index (χ4n) is 0.0544. The number of aliphatic hydroxyl groups is 1. The van der Waals surface area contributed by atoms with Crippen molar-refractivity contribution in [3.05, 3.63) is 0 Å². The summed E-state index contributed by atoms with van der Waals surface area (Å²) in [4.78, 5) is 18.5. The average Bonchev–Trinajstić information content (AvgIpc) is 1.85. The molecule has 0 amide bonds. The minimum Gasteiger partial charge on any atom is -0.563 e. The maximum atomic E-state index is 9.24. The molecule has 2 atom stereocenters. The van der Waals surface area contributed by atoms with Crippen molar-refractivity contribution in [2.45, 2.75) is 13.8 Å². The van der Waals surface area contributed by atoms with Crippen molar-refractivity contribution < 1.29 is 55.6 Å². The predicted molar refractivity (Wildman–Crippen MR) is 38.2 cm³/mol. The second kappa shape index (κ2) is 13.0. The molecular weight excluding hydrogens is 318 g/mol. The Bertz CT molecular complexity index is 140. The first-order valence-electron chi connectivity index (χ1n) is 2.97. The first-order valence-corrected chi connectivity index (χ1v) is 5.17. The zero-order chi connectivity index (χ0) is 10.1. The Kier molecular flexibility index (Phi) is 19.5. The van der Waals surface area contributed by atoms with E-state index in [4.69, 9.17) is 5.11 Å². The summed E-state index contributed by atoms with van der Waals surface area (Å²) in [5, 5.41) is 8.14. The van der Waals surface area contributed by atoms with Crippen molar-refractivity contribution in [1.82, 2.24) is 0 Å². The van der Waals surface area contributed by atoms with E-state index in [1.54, 1.807) is 0 Å². The Morgan fingerprint density at radius 1 is 1.31 bits per heavy atom. The van der Waals surface area contributed by atoms with Gasteiger partial charge in [-0.3, -0.25) is 0 Å². The SMILES string of the molecule is CC(C)CO.O=[P+]([O-])O[P+](=O)[O-].[Cd+2]. The summed E-state index contributed by atoms with van der Waals surface area (Å²) in [5.74, 6) is 0.440. The fraction of sp³-hybridized carbons (Fsp3) is 1.00. The Morgan fingerprint density at radius 2 is 1.54 bits per heavy atom. The van der Waals surface area contributed by atoms with Gasteiger partial charge in [-0.1, -0.05) is 13.8 Å². The molecule has 1 N–H and O–H groups in total. The molecule has 0 saturated heterocycles. The molecule has 0 saturated carbocycles. The summed E-state index contributed by atoms with van der Waals surface area (Å²) in [7, 11) is -6.47. The van der Waals surface area contributed by atoms with Crippen molar-refractivity contribution in [2.24, 2.45) is 5.92 Å². The molecule has 0 rings (SSSR count). The third-order valence-corrected chi connectivity index (χ3v) is 1.57. The maximum absolute atomic E-state index is 9.24. The Morgan fingerprint density at radius 3 is 1.54 bits per heavy atom. The zero-order valence-corrected chi connectivity index (χ0v) is 13.2. The monoisotopic (exact) mass is 330 g/mol. The number of hydrogen-bond acceptors (Lipinski definition) is 6. The van der Waals surface area contributed by atoms with E-state index in [0.717, 1.165) is 0 Å². The number of rotatable bonds is 3. The van der Waals surface area contributed by atoms with E-state index < -0.39 is 16.5 Å². The Hall–Kier alpha value is 0.962. The summed E-state index contributed by atoms with van der Waals surface area (Å²) in [6.07, 6.45) is 0. The van der Waals surface area contributed by atoms with Crippen LogP contribution in [0.1, 0.15) is 13.8 Å². The van der Waals surface area contributed by atoms with Gasteiger partial charge in [-0.15, -0.1) is 0 Å². The standard InChI is InChI=1S/C4H10O.Cd.O5P2/c1-4(2)3-5;;1-6(2)5-7(3)4/h4-5H,3H2,1-2H3;;/q;+2;. The number of hydrogen-bond donors (Lipinski definition) is 1. The van der Waals surface area contributed by atoms with Gasteiger partial charge in [0.1, 0.15) is 4.31 Å². The summed E-state index contributed by atoms with van der Waals surface area (Å²) in [6.45, 7) is 4.25. The summed E-state index contributed by atoms with van der Waals surface area (Å²) in [6, 6.07) is 0. The minimum absolute atomic E-state index is 0. The van der Waals surface area contributed by atoms with Crippen LogP contribution in [0.4, 0.5) is 0 Å². The van der Waals surface area contributed by atoms with Gasteiger partial charge in [-0.2, -0.15) is 0 Å². The third-order valence-electron chi connectivity index (χ3n) is 0.498. The molecule has 13 heavy (non-hydrogen) atoms. The van der Waals surface area contributed by atoms with Crippen molar-refractivity contribution in [3.8, 4) is 0 Å². The van der Waals surface area contributed by atoms with Crippen LogP contribution < -0.4 is 9.79 Å². The first-order chi connectivity index (χ1) is 5.40. The van der Waals surface area contributed by atoms with Gasteiger partial charge >= 0.3 is 43.8 Å². The van der Waals surface area contributed by atoms with Crippen LogP contribution in [0.3, 0.4) is 0 Å². The molecule has 2 unspecified atom stereocenters. The molecule has 72 valence electrons. The van der Waals surface area contributed by atoms with Gasteiger partial charge in [-0.05, 0) is 15.0 Å². The molecular formula is C4H10CdO6P2+2. The van der Waals surface area contributed by atoms with Gasteiger partial charge in [0.25, 0.3) is 0 Å². The van der Waals surface area contributed by atoms with E-state index in [-0.39, 0.29) is 27.3 Å². The van der Waals surface area contributed by atoms with Crippen LogP contribution in [0.25, 0.3) is 0 Å². The second-order valence-corrected chi connectivity index (χ2v) is 3.65. The average molecular weight is 328 g/mol. The molecule has 0 spiro atoms. The van der Waals surface area contributed by atoms with Gasteiger partial charge in [0.2, 0.25) is 0 Å². The molecule has 0 aliphatic rings. The normalized spacial score (nSPS) is 10.9. The third kappa shape index (κ3) is 32.1. The molecule has 0 aliphatic carbocycles. The van der Waals surface area contributed by atoms with E-state index in [1.165, 1.54) is 0 Å². The van der Waals surface area contributed by atoms with Crippen molar-refractivity contribution in [2.75, 3.05) is 6.61 Å². The molecule has 0 radical (unpaired) electrons. The van der Waals surface area contributed by atoms with Crippen LogP contribution in [0.15, 0.2) is 0 Å². The van der Waals surface area contributed by atoms with Gasteiger partial charge in [0.05, 0.1) is 0 Å². The summed E-state index contributed by atoms with van der Waals surface area (Å²) < 4.78 is 21.6. The second-order valence-electron chi connectivity index (χ2n) is 2.11. The van der Waals surface area contributed by atoms with Gasteiger partial charge < -0.3 is 14.9 Å². The molecule has 0 fully saturated rings. The zero-order valence-electron chi connectivity index (χ0n) is 7.37. The van der Waals surface area contributed by atoms with Crippen molar-refractivity contribution in [3.63, 3.8) is 0 Å². The van der Waals surface area contributed by atoms with Crippen LogP contribution in [0.5, 0.6) is 0 Å². The van der Waals surface area contributed by atoms with Gasteiger partial charge in [0, 0.05) is 6.61 Å². The van der Waals surface area contributed by atoms with Crippen LogP contribution in [0, 0.1) is 5.92 Å². The molecule has 0 bridgehead atoms. The molecule has 6 nitrogen and oxygen atoms in total. The van der Waals surface area contributed by atoms with E-state index in [2.05, 4.69) is 4.31 Å². The predicted octanol–water partition coefficient (Wildman–Crippen LogP) is -0.329. The number of aliphatic hydroxyl groups excluding tert-OH is 1. The fourth-order valence-corrected chi connectivity index (χ4v) is 0.490. The summed E-state index contributed by atoms with van der Waals surface area (Å²) in [5.41, 5.74) is 0. The van der Waals surface area contributed by atoms with E-state index in [0.29, 0.717) is 12.5 Å². The summed E-state index contributed by atoms with van der Waals surface area (Å²) >= 11 is 0. The molecule has 0 aromatic rings. The Balaban J connectivity index is -0.000000150. The molecule has 0 heterocycles. The molecule has 0 aromatic carbocycles. The van der Waals surface area contributed by atoms with E-state index in [9.17, 15) is 18.9 Å². The van der Waals surface area contributed by atoms with E-state index >= 15 is 0 Å².